The Hall–Kier alpha value is -2.74. The van der Waals surface area contributed by atoms with Crippen LogP contribution in [0.3, 0.4) is 0 Å². The molecular weight excluding hydrogens is 354 g/mol. The topological polar surface area (TPSA) is 107 Å². The van der Waals surface area contributed by atoms with Gasteiger partial charge in [-0.1, -0.05) is 60.7 Å². The zero-order chi connectivity index (χ0) is 18.7. The maximum absolute atomic E-state index is 12.6. The second-order valence-corrected chi connectivity index (χ2v) is 7.50. The van der Waals surface area contributed by atoms with Gasteiger partial charge in [-0.15, -0.1) is 0 Å². The van der Waals surface area contributed by atoms with E-state index in [4.69, 9.17) is 0 Å². The van der Waals surface area contributed by atoms with Gasteiger partial charge in [0.05, 0.1) is 16.9 Å². The largest absolute Gasteiger partial charge is 0.548 e. The first-order valence-electron chi connectivity index (χ1n) is 7.83. The third kappa shape index (κ3) is 3.75. The lowest BCUT2D eigenvalue weighted by Crippen LogP contribution is -2.51. The zero-order valence-electron chi connectivity index (χ0n) is 13.6. The average Bonchev–Trinajstić information content (AvgIpc) is 2.65. The molecule has 0 fully saturated rings. The van der Waals surface area contributed by atoms with Crippen molar-refractivity contribution in [3.63, 3.8) is 0 Å². The zero-order valence-corrected chi connectivity index (χ0v) is 14.4. The second-order valence-electron chi connectivity index (χ2n) is 5.78. The van der Waals surface area contributed by atoms with Crippen molar-refractivity contribution < 1.29 is 23.4 Å². The van der Waals surface area contributed by atoms with Crippen LogP contribution < -0.4 is 9.83 Å². The van der Waals surface area contributed by atoms with Crippen LogP contribution in [0.4, 0.5) is 0 Å². The second kappa shape index (κ2) is 7.25. The number of rotatable bonds is 6. The third-order valence-corrected chi connectivity index (χ3v) is 5.46. The van der Waals surface area contributed by atoms with Crippen LogP contribution in [0.25, 0.3) is 10.8 Å². The quantitative estimate of drug-likeness (QED) is 0.672. The minimum atomic E-state index is -4.18. The number of aliphatic carboxylic acids is 1. The summed E-state index contributed by atoms with van der Waals surface area (Å²) in [6.45, 7) is 0. The Kier molecular flexibility index (Phi) is 5.03. The molecule has 26 heavy (non-hydrogen) atoms. The highest BCUT2D eigenvalue weighted by Crippen LogP contribution is 2.21. The monoisotopic (exact) mass is 370 g/mol. The van der Waals surface area contributed by atoms with Gasteiger partial charge in [0.15, 0.2) is 0 Å². The van der Waals surface area contributed by atoms with Gasteiger partial charge >= 0.3 is 0 Å². The van der Waals surface area contributed by atoms with Crippen molar-refractivity contribution in [1.82, 2.24) is 4.72 Å². The Balaban J connectivity index is 1.93. The van der Waals surface area contributed by atoms with E-state index in [0.717, 1.165) is 5.39 Å². The number of nitrogens with one attached hydrogen (secondary N) is 1. The molecule has 134 valence electrons. The standard InChI is InChI=1S/C19H17NO5S/c21-18(14-7-2-1-3-8-14)17(19(22)23)20-26(24,25)16-11-10-13-6-4-5-9-15(13)12-16/h1-12,17-18,20-21H,(H,22,23)/p-1/t17-,18-/m0/s1. The number of carbonyl (C=O) groups excluding carboxylic acids is 1. The summed E-state index contributed by atoms with van der Waals surface area (Å²) >= 11 is 0. The molecule has 0 aliphatic heterocycles. The van der Waals surface area contributed by atoms with Gasteiger partial charge in [-0.25, -0.2) is 8.42 Å². The number of sulfonamides is 1. The maximum Gasteiger partial charge on any atom is 0.241 e. The molecule has 2 atom stereocenters. The Morgan fingerprint density at radius 1 is 0.923 bits per heavy atom. The number of aliphatic hydroxyl groups excluding tert-OH is 1. The highest BCUT2D eigenvalue weighted by molar-refractivity contribution is 7.89. The number of carboxylic acid groups (broad SMARTS) is 1. The maximum atomic E-state index is 12.6. The molecule has 6 nitrogen and oxygen atoms in total. The molecule has 0 spiro atoms. The molecule has 0 aliphatic rings. The van der Waals surface area contributed by atoms with Gasteiger partial charge in [0, 0.05) is 0 Å². The number of benzene rings is 3. The Bertz CT molecular complexity index is 1030. The van der Waals surface area contributed by atoms with Gasteiger partial charge < -0.3 is 15.0 Å². The van der Waals surface area contributed by atoms with Crippen LogP contribution >= 0.6 is 0 Å². The number of hydrogen-bond donors (Lipinski definition) is 2. The molecule has 2 N–H and O–H groups in total. The van der Waals surface area contributed by atoms with Crippen LogP contribution in [-0.2, 0) is 14.8 Å². The number of hydrogen-bond acceptors (Lipinski definition) is 5. The predicted octanol–water partition coefficient (Wildman–Crippen LogP) is 0.970. The van der Waals surface area contributed by atoms with Gasteiger partial charge in [-0.2, -0.15) is 4.72 Å². The van der Waals surface area contributed by atoms with E-state index in [1.807, 2.05) is 16.9 Å². The summed E-state index contributed by atoms with van der Waals surface area (Å²) in [4.78, 5) is 11.3. The third-order valence-electron chi connectivity index (χ3n) is 4.02. The van der Waals surface area contributed by atoms with Crippen LogP contribution in [-0.4, -0.2) is 25.5 Å². The molecule has 7 heteroatoms. The average molecular weight is 370 g/mol. The fourth-order valence-corrected chi connectivity index (χ4v) is 3.88. The van der Waals surface area contributed by atoms with E-state index in [1.165, 1.54) is 24.3 Å². The molecule has 3 aromatic carbocycles. The van der Waals surface area contributed by atoms with Gasteiger partial charge in [-0.3, -0.25) is 0 Å². The predicted molar refractivity (Wildman–Crippen MR) is 94.5 cm³/mol. The number of fused-ring (bicyclic) bond motifs is 1. The molecule has 0 saturated carbocycles. The number of aliphatic hydroxyl groups is 1. The number of carboxylic acids is 1. The molecule has 0 aliphatic carbocycles. The molecule has 0 unspecified atom stereocenters. The summed E-state index contributed by atoms with van der Waals surface area (Å²) in [6, 6.07) is 17.8. The molecular formula is C19H16NO5S-. The molecule has 0 heterocycles. The van der Waals surface area contributed by atoms with E-state index in [9.17, 15) is 23.4 Å². The molecule has 0 saturated heterocycles. The van der Waals surface area contributed by atoms with Gasteiger partial charge in [0.1, 0.15) is 6.10 Å². The Labute approximate surface area is 150 Å². The molecule has 3 rings (SSSR count). The van der Waals surface area contributed by atoms with Gasteiger partial charge in [-0.05, 0) is 28.5 Å². The summed E-state index contributed by atoms with van der Waals surface area (Å²) in [6.07, 6.45) is -1.59. The van der Waals surface area contributed by atoms with Crippen molar-refractivity contribution in [3.05, 3.63) is 78.4 Å². The molecule has 3 aromatic rings. The van der Waals surface area contributed by atoms with Crippen molar-refractivity contribution >= 4 is 26.8 Å². The van der Waals surface area contributed by atoms with E-state index >= 15 is 0 Å². The van der Waals surface area contributed by atoms with Crippen molar-refractivity contribution in [2.45, 2.75) is 17.0 Å². The highest BCUT2D eigenvalue weighted by atomic mass is 32.2. The van der Waals surface area contributed by atoms with E-state index in [1.54, 1.807) is 36.4 Å². The first kappa shape index (κ1) is 18.1. The summed E-state index contributed by atoms with van der Waals surface area (Å²) in [7, 11) is -4.18. The molecule has 0 radical (unpaired) electrons. The SMILES string of the molecule is O=C([O-])[C@@H](NS(=O)(=O)c1ccc2ccccc2c1)[C@@H](O)c1ccccc1. The lowest BCUT2D eigenvalue weighted by molar-refractivity contribution is -0.310. The Morgan fingerprint density at radius 2 is 1.54 bits per heavy atom. The van der Waals surface area contributed by atoms with E-state index < -0.39 is 28.1 Å². The molecule has 0 amide bonds. The van der Waals surface area contributed by atoms with Crippen LogP contribution in [0.1, 0.15) is 11.7 Å². The van der Waals surface area contributed by atoms with Gasteiger partial charge in [0.2, 0.25) is 10.0 Å². The number of carbonyl (C=O) groups is 1. The summed E-state index contributed by atoms with van der Waals surface area (Å²) in [5.41, 5.74) is 0.267. The van der Waals surface area contributed by atoms with E-state index in [0.29, 0.717) is 5.39 Å². The summed E-state index contributed by atoms with van der Waals surface area (Å²) in [5, 5.41) is 23.3. The molecule has 0 bridgehead atoms. The van der Waals surface area contributed by atoms with Crippen molar-refractivity contribution in [2.75, 3.05) is 0 Å². The lowest BCUT2D eigenvalue weighted by Gasteiger charge is -2.25. The normalized spacial score (nSPS) is 14.0. The Morgan fingerprint density at radius 3 is 2.19 bits per heavy atom. The van der Waals surface area contributed by atoms with Crippen LogP contribution in [0, 0.1) is 0 Å². The van der Waals surface area contributed by atoms with Crippen molar-refractivity contribution in [3.8, 4) is 0 Å². The summed E-state index contributed by atoms with van der Waals surface area (Å²) in [5.74, 6) is -1.72. The van der Waals surface area contributed by atoms with E-state index in [-0.39, 0.29) is 10.5 Å². The van der Waals surface area contributed by atoms with Crippen LogP contribution in [0.5, 0.6) is 0 Å². The van der Waals surface area contributed by atoms with Gasteiger partial charge in [0.25, 0.3) is 0 Å². The van der Waals surface area contributed by atoms with Crippen LogP contribution in [0.2, 0.25) is 0 Å². The lowest BCUT2D eigenvalue weighted by atomic mass is 10.0. The van der Waals surface area contributed by atoms with Crippen molar-refractivity contribution in [1.29, 1.82) is 0 Å². The summed E-state index contributed by atoms with van der Waals surface area (Å²) < 4.78 is 27.3. The smallest absolute Gasteiger partial charge is 0.241 e. The fourth-order valence-electron chi connectivity index (χ4n) is 2.65. The first-order valence-corrected chi connectivity index (χ1v) is 9.32. The van der Waals surface area contributed by atoms with E-state index in [2.05, 4.69) is 0 Å². The minimum absolute atomic E-state index is 0.0947. The first-order chi connectivity index (χ1) is 12.4. The minimum Gasteiger partial charge on any atom is -0.548 e. The van der Waals surface area contributed by atoms with Crippen LogP contribution in [0.15, 0.2) is 77.7 Å². The van der Waals surface area contributed by atoms with Crippen molar-refractivity contribution in [2.24, 2.45) is 0 Å². The fraction of sp³-hybridized carbons (Fsp3) is 0.105. The molecule has 0 aromatic heterocycles. The highest BCUT2D eigenvalue weighted by Gasteiger charge is 2.28.